The fraction of sp³-hybridized carbons (Fsp3) is 0.515. The average Bonchev–Trinajstić information content (AvgIpc) is 3.63. The van der Waals surface area contributed by atoms with Crippen LogP contribution in [-0.2, 0) is 25.5 Å². The number of halogens is 1. The lowest BCUT2D eigenvalue weighted by Crippen LogP contribution is -2.69. The zero-order chi connectivity index (χ0) is 29.7. The zero-order valence-electron chi connectivity index (χ0n) is 23.7. The van der Waals surface area contributed by atoms with Crippen LogP contribution in [0.4, 0.5) is 10.1 Å². The molecule has 0 spiro atoms. The van der Waals surface area contributed by atoms with E-state index in [0.29, 0.717) is 36.9 Å². The molecule has 2 heterocycles. The average molecular weight is 594 g/mol. The second-order valence-corrected chi connectivity index (χ2v) is 14.3. The van der Waals surface area contributed by atoms with Crippen molar-refractivity contribution in [3.05, 3.63) is 75.5 Å². The number of ether oxygens (including phenoxy) is 2. The predicted molar refractivity (Wildman–Crippen MR) is 155 cm³/mol. The van der Waals surface area contributed by atoms with Gasteiger partial charge in [-0.25, -0.2) is 4.39 Å². The summed E-state index contributed by atoms with van der Waals surface area (Å²) in [7, 11) is 0. The molecular weight excluding hydrogens is 557 g/mol. The molecule has 2 aromatic rings. The summed E-state index contributed by atoms with van der Waals surface area (Å²) in [4.78, 5) is 27.7. The third-order valence-corrected chi connectivity index (χ3v) is 12.3. The van der Waals surface area contributed by atoms with Gasteiger partial charge in [-0.3, -0.25) is 9.59 Å². The smallest absolute Gasteiger partial charge is 0.194 e. The molecule has 1 aromatic carbocycles. The maximum Gasteiger partial charge on any atom is 0.194 e. The Hall–Kier alpha value is -2.69. The van der Waals surface area contributed by atoms with Crippen molar-refractivity contribution in [2.45, 2.75) is 75.7 Å². The predicted octanol–water partition coefficient (Wildman–Crippen LogP) is 4.62. The summed E-state index contributed by atoms with van der Waals surface area (Å²) in [5.41, 5.74) is 2.78. The van der Waals surface area contributed by atoms with Gasteiger partial charge in [0.2, 0.25) is 0 Å². The molecule has 42 heavy (non-hydrogen) atoms. The lowest BCUT2D eigenvalue weighted by atomic mass is 9.44. The van der Waals surface area contributed by atoms with Gasteiger partial charge in [0.25, 0.3) is 0 Å². The lowest BCUT2D eigenvalue weighted by Gasteiger charge is -2.62. The van der Waals surface area contributed by atoms with Gasteiger partial charge in [0.1, 0.15) is 6.61 Å². The Morgan fingerprint density at radius 1 is 1.21 bits per heavy atom. The number of rotatable bonds is 5. The van der Waals surface area contributed by atoms with Crippen LogP contribution in [0, 0.1) is 22.7 Å². The van der Waals surface area contributed by atoms with Gasteiger partial charge in [-0.05, 0) is 80.5 Å². The van der Waals surface area contributed by atoms with E-state index < -0.39 is 58.9 Å². The SMILES string of the molecule is C[C@]12C=CC(=O)C=C1CC[C@H]1[C@@H]3C[C@H]4O[C@H](c5ccc(Cc6cccc(N)c6)s5)O[C@@]4(C(=O)CO)[C@@]3(C)C[C@H](O)[C@@]12F. The maximum atomic E-state index is 17.5. The molecule has 222 valence electrons. The highest BCUT2D eigenvalue weighted by atomic mass is 32.1. The Kier molecular flexibility index (Phi) is 6.29. The Morgan fingerprint density at radius 2 is 2.02 bits per heavy atom. The highest BCUT2D eigenvalue weighted by molar-refractivity contribution is 7.12. The van der Waals surface area contributed by atoms with E-state index in [1.54, 1.807) is 13.0 Å². The number of carbonyl (C=O) groups excluding carboxylic acids is 2. The maximum absolute atomic E-state index is 17.5. The minimum Gasteiger partial charge on any atom is -0.399 e. The number of benzene rings is 1. The summed E-state index contributed by atoms with van der Waals surface area (Å²) in [6.45, 7) is 2.93. The van der Waals surface area contributed by atoms with Crippen molar-refractivity contribution in [2.75, 3.05) is 12.3 Å². The van der Waals surface area contributed by atoms with Crippen LogP contribution in [0.1, 0.15) is 61.1 Å². The van der Waals surface area contributed by atoms with Crippen LogP contribution in [0.3, 0.4) is 0 Å². The van der Waals surface area contributed by atoms with Gasteiger partial charge in [0.15, 0.2) is 29.1 Å². The highest BCUT2D eigenvalue weighted by Crippen LogP contribution is 2.72. The molecular formula is C33H36FNO6S. The van der Waals surface area contributed by atoms with Crippen molar-refractivity contribution >= 4 is 28.6 Å². The first-order chi connectivity index (χ1) is 20.0. The molecule has 0 radical (unpaired) electrons. The molecule has 1 aromatic heterocycles. The van der Waals surface area contributed by atoms with Crippen LogP contribution >= 0.6 is 11.3 Å². The first-order valence-corrected chi connectivity index (χ1v) is 15.5. The molecule has 7 rings (SSSR count). The zero-order valence-corrected chi connectivity index (χ0v) is 24.5. The Labute approximate surface area is 248 Å². The summed E-state index contributed by atoms with van der Waals surface area (Å²) >= 11 is 1.53. The molecule has 0 amide bonds. The number of fused-ring (bicyclic) bond motifs is 7. The molecule has 3 saturated carbocycles. The highest BCUT2D eigenvalue weighted by Gasteiger charge is 2.79. The van der Waals surface area contributed by atoms with E-state index in [9.17, 15) is 19.8 Å². The molecule has 9 heteroatoms. The number of allylic oxidation sites excluding steroid dienone is 4. The van der Waals surface area contributed by atoms with Crippen LogP contribution in [-0.4, -0.2) is 51.9 Å². The van der Waals surface area contributed by atoms with E-state index in [0.717, 1.165) is 15.3 Å². The number of nitrogens with two attached hydrogens (primary N) is 1. The number of hydrogen-bond donors (Lipinski definition) is 3. The number of anilines is 1. The van der Waals surface area contributed by atoms with Gasteiger partial charge < -0.3 is 25.4 Å². The van der Waals surface area contributed by atoms with Crippen LogP contribution in [0.2, 0.25) is 0 Å². The third kappa shape index (κ3) is 3.57. The molecule has 5 aliphatic rings. The number of alkyl halides is 1. The number of carbonyl (C=O) groups is 2. The van der Waals surface area contributed by atoms with Gasteiger partial charge in [0.05, 0.1) is 17.1 Å². The molecule has 1 saturated heterocycles. The standard InChI is InChI=1S/C33H36FNO6S/c1-30-11-10-21(37)14-19(30)6-8-23-24-15-28-33(27(39)17-36,31(24,2)16-26(38)32(23,30)34)41-29(40-28)25-9-7-22(42-25)13-18-4-3-5-20(35)12-18/h3-5,7,9-12,14,23-24,26,28-29,36,38H,6,8,13,15-17,35H2,1-2H3/t23-,24-,26-,28+,29-,30-,31-,32-,33+/m0/s1. The molecule has 7 nitrogen and oxygen atoms in total. The largest absolute Gasteiger partial charge is 0.399 e. The van der Waals surface area contributed by atoms with E-state index in [1.165, 1.54) is 23.5 Å². The fourth-order valence-corrected chi connectivity index (χ4v) is 10.2. The van der Waals surface area contributed by atoms with E-state index in [4.69, 9.17) is 15.2 Å². The number of Topliss-reactive ketones (excluding diaryl/α,β-unsaturated/α-hetero) is 1. The second kappa shape index (κ2) is 9.40. The minimum absolute atomic E-state index is 0.0290. The topological polar surface area (TPSA) is 119 Å². The Balaban J connectivity index is 1.21. The normalized spacial score (nSPS) is 42.0. The minimum atomic E-state index is -2.02. The fourth-order valence-electron chi connectivity index (χ4n) is 9.22. The van der Waals surface area contributed by atoms with Crippen LogP contribution in [0.15, 0.2) is 60.2 Å². The van der Waals surface area contributed by atoms with Crippen molar-refractivity contribution in [3.63, 3.8) is 0 Å². The Morgan fingerprint density at radius 3 is 2.79 bits per heavy atom. The van der Waals surface area contributed by atoms with Crippen molar-refractivity contribution in [1.82, 2.24) is 0 Å². The number of ketones is 2. The number of aliphatic hydroxyl groups excluding tert-OH is 2. The summed E-state index contributed by atoms with van der Waals surface area (Å²) < 4.78 is 30.6. The number of hydrogen-bond acceptors (Lipinski definition) is 8. The lowest BCUT2D eigenvalue weighted by molar-refractivity contribution is -0.231. The quantitative estimate of drug-likeness (QED) is 0.433. The summed E-state index contributed by atoms with van der Waals surface area (Å²) in [5.74, 6) is -1.59. The third-order valence-electron chi connectivity index (χ3n) is 11.2. The van der Waals surface area contributed by atoms with Crippen molar-refractivity contribution in [1.29, 1.82) is 0 Å². The Bertz CT molecular complexity index is 1540. The van der Waals surface area contributed by atoms with E-state index in [1.807, 2.05) is 43.3 Å². The summed E-state index contributed by atoms with van der Waals surface area (Å²) in [6.07, 6.45) is 3.61. The molecule has 1 aliphatic heterocycles. The molecule has 0 unspecified atom stereocenters. The van der Waals surface area contributed by atoms with Gasteiger partial charge in [-0.15, -0.1) is 11.3 Å². The summed E-state index contributed by atoms with van der Waals surface area (Å²) in [6, 6.07) is 11.7. The number of aliphatic hydroxyl groups is 2. The van der Waals surface area contributed by atoms with E-state index in [2.05, 4.69) is 0 Å². The van der Waals surface area contributed by atoms with Crippen LogP contribution in [0.25, 0.3) is 0 Å². The van der Waals surface area contributed by atoms with Gasteiger partial charge >= 0.3 is 0 Å². The molecule has 9 atom stereocenters. The summed E-state index contributed by atoms with van der Waals surface area (Å²) in [5, 5.41) is 21.9. The van der Waals surface area contributed by atoms with Gasteiger partial charge in [0, 0.05) is 33.7 Å². The monoisotopic (exact) mass is 593 g/mol. The molecule has 4 aliphatic carbocycles. The first kappa shape index (κ1) is 28.1. The van der Waals surface area contributed by atoms with Gasteiger partial charge in [-0.2, -0.15) is 0 Å². The molecule has 4 N–H and O–H groups in total. The first-order valence-electron chi connectivity index (χ1n) is 14.7. The van der Waals surface area contributed by atoms with Crippen LogP contribution in [0.5, 0.6) is 0 Å². The van der Waals surface area contributed by atoms with E-state index >= 15 is 4.39 Å². The van der Waals surface area contributed by atoms with E-state index in [-0.39, 0.29) is 18.1 Å². The second-order valence-electron chi connectivity index (χ2n) is 13.1. The molecule has 0 bridgehead atoms. The van der Waals surface area contributed by atoms with Crippen molar-refractivity contribution in [3.8, 4) is 0 Å². The number of nitrogen functional groups attached to an aromatic ring is 1. The van der Waals surface area contributed by atoms with Crippen molar-refractivity contribution in [2.24, 2.45) is 22.7 Å². The van der Waals surface area contributed by atoms with Gasteiger partial charge in [-0.1, -0.05) is 30.7 Å². The number of thiophene rings is 1. The molecule has 4 fully saturated rings. The van der Waals surface area contributed by atoms with Crippen LogP contribution < -0.4 is 5.73 Å². The van der Waals surface area contributed by atoms with Crippen molar-refractivity contribution < 1.29 is 33.7 Å².